The molecule has 0 bridgehead atoms. The smallest absolute Gasteiger partial charge is 0.359 e. The molecule has 6 nitrogen and oxygen atoms in total. The first-order valence-electron chi connectivity index (χ1n) is 7.42. The number of hydrogen-bond donors (Lipinski definition) is 2. The highest BCUT2D eigenvalue weighted by Gasteiger charge is 2.40. The molecule has 0 aromatic rings. The molecule has 1 aliphatic heterocycles. The van der Waals surface area contributed by atoms with Crippen LogP contribution < -0.4 is 0 Å². The predicted octanol–water partition coefficient (Wildman–Crippen LogP) is 1.63. The van der Waals surface area contributed by atoms with Crippen LogP contribution in [0.3, 0.4) is 0 Å². The summed E-state index contributed by atoms with van der Waals surface area (Å²) in [6.45, 7) is 8.32. The Labute approximate surface area is 122 Å². The van der Waals surface area contributed by atoms with Crippen LogP contribution in [0.25, 0.3) is 0 Å². The largest absolute Gasteiger partial charge is 0.409 e. The number of ether oxygens (including phenoxy) is 4. The molecule has 1 fully saturated rings. The van der Waals surface area contributed by atoms with Crippen LogP contribution in [0.2, 0.25) is 6.55 Å². The maximum Gasteiger partial charge on any atom is 0.359 e. The first-order valence-corrected chi connectivity index (χ1v) is 9.90. The van der Waals surface area contributed by atoms with Gasteiger partial charge in [0.2, 0.25) is 0 Å². The molecule has 2 unspecified atom stereocenters. The Balaban J connectivity index is 2.65. The van der Waals surface area contributed by atoms with Crippen molar-refractivity contribution in [3.63, 3.8) is 0 Å². The number of hydrogen-bond acceptors (Lipinski definition) is 6. The minimum Gasteiger partial charge on any atom is -0.409 e. The van der Waals surface area contributed by atoms with E-state index < -0.39 is 26.6 Å². The van der Waals surface area contributed by atoms with Crippen molar-refractivity contribution in [2.45, 2.75) is 71.0 Å². The van der Waals surface area contributed by atoms with Gasteiger partial charge in [0.1, 0.15) is 5.73 Å². The van der Waals surface area contributed by atoms with Crippen molar-refractivity contribution >= 4 is 8.56 Å². The molecule has 1 saturated heterocycles. The van der Waals surface area contributed by atoms with E-state index in [0.29, 0.717) is 32.5 Å². The lowest BCUT2D eigenvalue weighted by molar-refractivity contribution is -0.436. The molecular weight excluding hydrogens is 280 g/mol. The molecule has 7 heteroatoms. The Hall–Kier alpha value is -0.0231. The second-order valence-corrected chi connectivity index (χ2v) is 8.00. The Kier molecular flexibility index (Phi) is 7.06. The molecule has 0 spiro atoms. The zero-order valence-electron chi connectivity index (χ0n) is 12.9. The van der Waals surface area contributed by atoms with E-state index in [1.54, 1.807) is 0 Å². The molecule has 2 N–H and O–H groups in total. The summed E-state index contributed by atoms with van der Waals surface area (Å²) in [4.78, 5) is 19.6. The van der Waals surface area contributed by atoms with Gasteiger partial charge in [0, 0.05) is 6.42 Å². The molecule has 120 valence electrons. The van der Waals surface area contributed by atoms with E-state index in [9.17, 15) is 9.59 Å². The molecule has 1 rings (SSSR count). The van der Waals surface area contributed by atoms with Gasteiger partial charge in [0.05, 0.1) is 13.2 Å². The highest BCUT2D eigenvalue weighted by molar-refractivity contribution is 6.64. The van der Waals surface area contributed by atoms with E-state index in [1.165, 1.54) is 6.55 Å². The first-order chi connectivity index (χ1) is 9.37. The highest BCUT2D eigenvalue weighted by Crippen LogP contribution is 2.28. The van der Waals surface area contributed by atoms with Gasteiger partial charge in [-0.25, -0.2) is 0 Å². The van der Waals surface area contributed by atoms with Crippen LogP contribution in [0.15, 0.2) is 0 Å². The molecule has 0 aliphatic carbocycles. The van der Waals surface area contributed by atoms with E-state index in [4.69, 9.17) is 18.9 Å². The third kappa shape index (κ3) is 5.07. The van der Waals surface area contributed by atoms with E-state index >= 15 is 0 Å². The molecule has 1 aliphatic rings. The summed E-state index contributed by atoms with van der Waals surface area (Å²) in [7, 11) is -3.35. The fourth-order valence-corrected chi connectivity index (χ4v) is 3.30. The van der Waals surface area contributed by atoms with E-state index in [1.807, 2.05) is 20.8 Å². The second-order valence-electron chi connectivity index (χ2n) is 5.17. The lowest BCUT2D eigenvalue weighted by Crippen LogP contribution is -2.51. The lowest BCUT2D eigenvalue weighted by atomic mass is 10.3. The fourth-order valence-electron chi connectivity index (χ4n) is 2.11. The minimum atomic E-state index is -3.35. The van der Waals surface area contributed by atoms with Gasteiger partial charge >= 0.3 is 8.56 Å². The topological polar surface area (TPSA) is 77.4 Å². The Morgan fingerprint density at radius 2 is 1.75 bits per heavy atom. The average Bonchev–Trinajstić information content (AvgIpc) is 2.43. The van der Waals surface area contributed by atoms with Crippen molar-refractivity contribution in [1.82, 2.24) is 0 Å². The zero-order chi connectivity index (χ0) is 15.2. The van der Waals surface area contributed by atoms with Gasteiger partial charge in [-0.05, 0) is 25.8 Å². The molecule has 0 radical (unpaired) electrons. The molecule has 0 aromatic carbocycles. The predicted molar refractivity (Wildman–Crippen MR) is 75.9 cm³/mol. The summed E-state index contributed by atoms with van der Waals surface area (Å²) in [5.41, 5.74) is -0.593. The van der Waals surface area contributed by atoms with Crippen molar-refractivity contribution in [3.8, 4) is 0 Å². The molecule has 20 heavy (non-hydrogen) atoms. The molecular formula is C13H28O6Si. The first kappa shape index (κ1) is 18.0. The molecule has 2 atom stereocenters. The van der Waals surface area contributed by atoms with E-state index in [0.717, 1.165) is 6.42 Å². The Morgan fingerprint density at radius 3 is 2.15 bits per heavy atom. The van der Waals surface area contributed by atoms with E-state index in [-0.39, 0.29) is 0 Å². The maximum atomic E-state index is 9.80. The Bertz CT molecular complexity index is 275. The van der Waals surface area contributed by atoms with Crippen LogP contribution in [0.1, 0.15) is 46.5 Å². The zero-order valence-corrected chi connectivity index (χ0v) is 13.9. The van der Waals surface area contributed by atoms with Crippen molar-refractivity contribution in [2.24, 2.45) is 0 Å². The van der Waals surface area contributed by atoms with Gasteiger partial charge in [-0.2, -0.15) is 0 Å². The van der Waals surface area contributed by atoms with Crippen molar-refractivity contribution in [1.29, 1.82) is 0 Å². The quantitative estimate of drug-likeness (QED) is 0.524. The minimum absolute atomic E-state index is 0.524. The van der Waals surface area contributed by atoms with E-state index in [2.05, 4.69) is 0 Å². The SMILES string of the molecule is CCC(OC(CC)[Si](C)(O)O)OC1(CC)OCCCO1. The van der Waals surface area contributed by atoms with Crippen molar-refractivity contribution in [3.05, 3.63) is 0 Å². The van der Waals surface area contributed by atoms with Gasteiger partial charge in [0.25, 0.3) is 5.97 Å². The fraction of sp³-hybridized carbons (Fsp3) is 1.00. The Morgan fingerprint density at radius 1 is 1.15 bits per heavy atom. The normalized spacial score (nSPS) is 22.5. The van der Waals surface area contributed by atoms with Crippen molar-refractivity contribution < 1.29 is 28.5 Å². The van der Waals surface area contributed by atoms with Crippen molar-refractivity contribution in [2.75, 3.05) is 13.2 Å². The van der Waals surface area contributed by atoms with Crippen LogP contribution in [0.4, 0.5) is 0 Å². The average molecular weight is 308 g/mol. The summed E-state index contributed by atoms with van der Waals surface area (Å²) in [5, 5.41) is 0. The molecule has 0 amide bonds. The van der Waals surface area contributed by atoms with Gasteiger partial charge in [-0.15, -0.1) is 0 Å². The summed E-state index contributed by atoms with van der Waals surface area (Å²) < 4.78 is 22.8. The molecule has 0 saturated carbocycles. The monoisotopic (exact) mass is 308 g/mol. The van der Waals surface area contributed by atoms with Crippen LogP contribution >= 0.6 is 0 Å². The summed E-state index contributed by atoms with van der Waals surface area (Å²) in [6.07, 6.45) is 1.92. The van der Waals surface area contributed by atoms with Crippen LogP contribution in [-0.2, 0) is 18.9 Å². The molecule has 1 heterocycles. The standard InChI is InChI=1S/C13H28O6Si/c1-5-11(18-12(6-2)20(4,14)15)19-13(7-3)16-9-8-10-17-13/h11-12,14-15H,5-10H2,1-4H3. The van der Waals surface area contributed by atoms with Gasteiger partial charge < -0.3 is 23.8 Å². The van der Waals surface area contributed by atoms with Gasteiger partial charge in [-0.3, -0.25) is 4.74 Å². The maximum absolute atomic E-state index is 9.80. The highest BCUT2D eigenvalue weighted by atomic mass is 28.4. The van der Waals surface area contributed by atoms with Crippen LogP contribution in [0.5, 0.6) is 0 Å². The van der Waals surface area contributed by atoms with Crippen LogP contribution in [0, 0.1) is 0 Å². The summed E-state index contributed by atoms with van der Waals surface area (Å²) in [5.74, 6) is -1.07. The lowest BCUT2D eigenvalue weighted by Gasteiger charge is -2.39. The third-order valence-corrected chi connectivity index (χ3v) is 5.07. The third-order valence-electron chi connectivity index (χ3n) is 3.31. The van der Waals surface area contributed by atoms with Gasteiger partial charge in [0.15, 0.2) is 6.29 Å². The van der Waals surface area contributed by atoms with Crippen LogP contribution in [-0.4, -0.2) is 49.4 Å². The summed E-state index contributed by atoms with van der Waals surface area (Å²) >= 11 is 0. The van der Waals surface area contributed by atoms with Gasteiger partial charge in [-0.1, -0.05) is 20.8 Å². The summed E-state index contributed by atoms with van der Waals surface area (Å²) in [6, 6.07) is 0. The molecule has 0 aromatic heterocycles. The second kappa shape index (κ2) is 7.84. The number of rotatable bonds is 8.